The zero-order valence-electron chi connectivity index (χ0n) is 5.21. The third kappa shape index (κ3) is 624. The Morgan fingerprint density at radius 2 is 1.18 bits per heavy atom. The van der Waals surface area contributed by atoms with Gasteiger partial charge in [-0.2, -0.15) is 14.0 Å². The predicted molar refractivity (Wildman–Crippen MR) is 14.3 cm³/mol. The van der Waals surface area contributed by atoms with E-state index in [1.54, 1.807) is 0 Å². The van der Waals surface area contributed by atoms with Crippen LogP contribution in [0.1, 0.15) is 0 Å². The van der Waals surface area contributed by atoms with E-state index in [1.807, 2.05) is 0 Å². The largest absolute Gasteiger partial charge is 1.00 e. The van der Waals surface area contributed by atoms with Crippen LogP contribution in [0.4, 0.5) is 0 Å². The molecular weight excluding hydrogens is 217 g/mol. The molecule has 0 fully saturated rings. The summed E-state index contributed by atoms with van der Waals surface area (Å²) >= 11 is 0. The average molecular weight is 220 g/mol. The first-order valence-corrected chi connectivity index (χ1v) is 4.19. The van der Waals surface area contributed by atoms with Crippen LogP contribution in [0.5, 0.6) is 0 Å². The van der Waals surface area contributed by atoms with Gasteiger partial charge >= 0.3 is 29.6 Å². The van der Waals surface area contributed by atoms with E-state index in [0.29, 0.717) is 0 Å². The molecule has 0 rings (SSSR count). The third-order valence-electron chi connectivity index (χ3n) is 0. The topological polar surface area (TPSA) is 170 Å². The molecule has 64 valence electrons. The normalized spacial score (nSPS) is 10.8. The van der Waals surface area contributed by atoms with Crippen molar-refractivity contribution in [3.05, 3.63) is 0 Å². The quantitative estimate of drug-likeness (QED) is 0.267. The van der Waals surface area contributed by atoms with Gasteiger partial charge in [0, 0.05) is 0 Å². The SMILES string of the molecule is O=P([O-])(O)O.[Na+].[O-][Cl+3]([O-])([O-])O. The molecule has 0 heterocycles. The van der Waals surface area contributed by atoms with Crippen molar-refractivity contribution in [1.29, 1.82) is 0 Å². The molecule has 0 atom stereocenters. The van der Waals surface area contributed by atoms with Crippen LogP contribution in [0.3, 0.4) is 0 Å². The fourth-order valence-corrected chi connectivity index (χ4v) is 0. The molecule has 8 nitrogen and oxygen atoms in total. The summed E-state index contributed by atoms with van der Waals surface area (Å²) in [6.07, 6.45) is 0. The summed E-state index contributed by atoms with van der Waals surface area (Å²) in [5.74, 6) is 0. The van der Waals surface area contributed by atoms with Crippen LogP contribution in [-0.2, 0) is 4.57 Å². The molecule has 11 heavy (non-hydrogen) atoms. The average Bonchev–Trinajstić information content (AvgIpc) is 1.12. The van der Waals surface area contributed by atoms with Crippen LogP contribution in [-0.4, -0.2) is 14.4 Å². The van der Waals surface area contributed by atoms with Crippen LogP contribution in [0, 0.1) is 10.2 Å². The number of hydrogen-bond donors (Lipinski definition) is 3. The van der Waals surface area contributed by atoms with Crippen molar-refractivity contribution in [2.45, 2.75) is 0 Å². The van der Waals surface area contributed by atoms with E-state index in [2.05, 4.69) is 0 Å². The predicted octanol–water partition coefficient (Wildman–Crippen LogP) is -8.68. The van der Waals surface area contributed by atoms with Gasteiger partial charge < -0.3 is 14.7 Å². The van der Waals surface area contributed by atoms with Crippen LogP contribution >= 0.6 is 7.82 Å². The Labute approximate surface area is 85.4 Å². The Balaban J connectivity index is -0.000000107. The van der Waals surface area contributed by atoms with Gasteiger partial charge in [0.25, 0.3) is 7.82 Å². The van der Waals surface area contributed by atoms with Crippen molar-refractivity contribution in [2.24, 2.45) is 0 Å². The minimum absolute atomic E-state index is 0. The summed E-state index contributed by atoms with van der Waals surface area (Å²) in [5, 5.41) is 0. The molecule has 0 aliphatic rings. The summed E-state index contributed by atoms with van der Waals surface area (Å²) in [4.78, 5) is 22.9. The summed E-state index contributed by atoms with van der Waals surface area (Å²) in [5.41, 5.74) is 0. The maximum Gasteiger partial charge on any atom is 1.00 e. The van der Waals surface area contributed by atoms with Gasteiger partial charge in [0.15, 0.2) is 0 Å². The summed E-state index contributed by atoms with van der Waals surface area (Å²) < 4.78 is 41.5. The first-order valence-electron chi connectivity index (χ1n) is 1.40. The van der Waals surface area contributed by atoms with Crippen molar-refractivity contribution in [3.63, 3.8) is 0 Å². The first kappa shape index (κ1) is 18.1. The smallest absolute Gasteiger partial charge is 0.756 e. The van der Waals surface area contributed by atoms with Gasteiger partial charge in [-0.1, -0.05) is 0 Å². The van der Waals surface area contributed by atoms with Crippen LogP contribution in [0.25, 0.3) is 0 Å². The third-order valence-corrected chi connectivity index (χ3v) is 0. The van der Waals surface area contributed by atoms with Gasteiger partial charge in [0.1, 0.15) is 0 Å². The molecule has 0 spiro atoms. The van der Waals surface area contributed by atoms with Crippen molar-refractivity contribution in [1.82, 2.24) is 0 Å². The van der Waals surface area contributed by atoms with E-state index in [4.69, 9.17) is 37.9 Å². The Bertz CT molecular complexity index is 106. The summed E-state index contributed by atoms with van der Waals surface area (Å²) in [6.45, 7) is 0. The molecule has 0 unspecified atom stereocenters. The number of phosphoric acid groups is 1. The molecule has 0 aromatic rings. The number of halogens is 1. The van der Waals surface area contributed by atoms with E-state index in [9.17, 15) is 0 Å². The van der Waals surface area contributed by atoms with E-state index < -0.39 is 18.1 Å². The number of rotatable bonds is 0. The van der Waals surface area contributed by atoms with Gasteiger partial charge in [0.2, 0.25) is 0 Å². The summed E-state index contributed by atoms with van der Waals surface area (Å²) in [7, 11) is -9.58. The van der Waals surface area contributed by atoms with Crippen LogP contribution in [0.15, 0.2) is 0 Å². The fourth-order valence-electron chi connectivity index (χ4n) is 0. The molecule has 0 saturated heterocycles. The molecule has 0 radical (unpaired) electrons. The van der Waals surface area contributed by atoms with Gasteiger partial charge in [-0.15, -0.1) is 0 Å². The molecule has 0 aromatic carbocycles. The Kier molecular flexibility index (Phi) is 11.1. The van der Waals surface area contributed by atoms with Crippen molar-refractivity contribution in [3.8, 4) is 0 Å². The van der Waals surface area contributed by atoms with Crippen molar-refractivity contribution in [2.75, 3.05) is 0 Å². The molecule has 0 saturated carbocycles. The zero-order chi connectivity index (χ0) is 9.00. The van der Waals surface area contributed by atoms with Gasteiger partial charge in [-0.05, 0) is 0 Å². The second kappa shape index (κ2) is 6.72. The second-order valence-corrected chi connectivity index (χ2v) is 2.66. The molecule has 3 N–H and O–H groups in total. The molecule has 0 amide bonds. The molecule has 0 aliphatic heterocycles. The molecular formula is H3ClNaO8P. The van der Waals surface area contributed by atoms with E-state index >= 15 is 0 Å². The summed E-state index contributed by atoms with van der Waals surface area (Å²) in [6, 6.07) is 0. The monoisotopic (exact) mass is 220 g/mol. The van der Waals surface area contributed by atoms with Gasteiger partial charge in [-0.3, -0.25) is 4.57 Å². The molecule has 11 heteroatoms. The van der Waals surface area contributed by atoms with E-state index in [0.717, 1.165) is 0 Å². The molecule has 0 aliphatic carbocycles. The maximum atomic E-state index is 8.77. The molecule has 0 aromatic heterocycles. The van der Waals surface area contributed by atoms with E-state index in [1.165, 1.54) is 0 Å². The Morgan fingerprint density at radius 1 is 1.18 bits per heavy atom. The Morgan fingerprint density at radius 3 is 1.18 bits per heavy atom. The number of hydrogen-bond acceptors (Lipinski definition) is 6. The van der Waals surface area contributed by atoms with Crippen molar-refractivity contribution < 1.29 is 77.7 Å². The second-order valence-electron chi connectivity index (χ2n) is 0.887. The fraction of sp³-hybridized carbons (Fsp3) is 0. The van der Waals surface area contributed by atoms with Crippen LogP contribution in [0.2, 0.25) is 0 Å². The van der Waals surface area contributed by atoms with Gasteiger partial charge in [0.05, 0.1) is 14.9 Å². The Hall–Kier alpha value is 1.24. The van der Waals surface area contributed by atoms with Crippen LogP contribution < -0.4 is 48.4 Å². The maximum absolute atomic E-state index is 8.77. The van der Waals surface area contributed by atoms with Gasteiger partial charge in [-0.25, -0.2) is 0 Å². The molecule has 0 bridgehead atoms. The standard InChI is InChI=1S/ClHO4.Na.H3O4P/c2-1(3,4)5;;1-5(2,3)4/h(H,2,3,4,5);;(H3,1,2,3,4)/q;+1;/p-1. The minimum Gasteiger partial charge on any atom is -0.756 e. The van der Waals surface area contributed by atoms with E-state index in [-0.39, 0.29) is 29.6 Å². The zero-order valence-corrected chi connectivity index (χ0v) is 8.86. The minimum atomic E-state index is -4.89. The van der Waals surface area contributed by atoms with Crippen molar-refractivity contribution >= 4 is 7.82 Å². The first-order chi connectivity index (χ1) is 4.00.